The van der Waals surface area contributed by atoms with E-state index in [4.69, 9.17) is 18.6 Å². The highest BCUT2D eigenvalue weighted by Crippen LogP contribution is 2.37. The molecule has 0 amide bonds. The van der Waals surface area contributed by atoms with Crippen LogP contribution in [0.4, 0.5) is 5.88 Å². The predicted octanol–water partition coefficient (Wildman–Crippen LogP) is 3.40. The molecule has 1 aromatic carbocycles. The Bertz CT molecular complexity index is 1560. The smallest absolute Gasteiger partial charge is 0.338 e. The Hall–Kier alpha value is -3.79. The number of allylic oxidation sites excluding steroid dienone is 1. The third kappa shape index (κ3) is 4.76. The quantitative estimate of drug-likeness (QED) is 0.427. The van der Waals surface area contributed by atoms with Gasteiger partial charge in [0.1, 0.15) is 23.3 Å². The summed E-state index contributed by atoms with van der Waals surface area (Å²) in [5, 5.41) is 0. The number of fused-ring (bicyclic) bond motifs is 1. The monoisotopic (exact) mass is 537 g/mol. The maximum Gasteiger partial charge on any atom is 0.338 e. The molecule has 2 aliphatic heterocycles. The number of anilines is 1. The molecular formula is C28H31N3O6S. The second kappa shape index (κ2) is 10.9. The van der Waals surface area contributed by atoms with E-state index in [0.717, 1.165) is 31.8 Å². The van der Waals surface area contributed by atoms with Gasteiger partial charge in [0.25, 0.3) is 5.56 Å². The second-order valence-corrected chi connectivity index (χ2v) is 10.1. The van der Waals surface area contributed by atoms with Crippen LogP contribution in [0.1, 0.15) is 50.5 Å². The Kier molecular flexibility index (Phi) is 7.42. The number of aromatic nitrogens is 1. The fourth-order valence-corrected chi connectivity index (χ4v) is 5.99. The van der Waals surface area contributed by atoms with Crippen molar-refractivity contribution in [2.45, 2.75) is 39.2 Å². The molecule has 0 saturated carbocycles. The van der Waals surface area contributed by atoms with Crippen LogP contribution in [0.3, 0.4) is 0 Å². The first-order valence-corrected chi connectivity index (χ1v) is 13.5. The van der Waals surface area contributed by atoms with Gasteiger partial charge in [0.15, 0.2) is 10.7 Å². The molecule has 38 heavy (non-hydrogen) atoms. The first kappa shape index (κ1) is 25.8. The molecular weight excluding hydrogens is 506 g/mol. The van der Waals surface area contributed by atoms with Crippen molar-refractivity contribution in [1.82, 2.24) is 4.57 Å². The van der Waals surface area contributed by atoms with Crippen molar-refractivity contribution in [2.75, 3.05) is 38.8 Å². The molecule has 200 valence electrons. The highest BCUT2D eigenvalue weighted by molar-refractivity contribution is 7.07. The summed E-state index contributed by atoms with van der Waals surface area (Å²) >= 11 is 1.25. The molecule has 2 aromatic heterocycles. The van der Waals surface area contributed by atoms with Gasteiger partial charge in [-0.15, -0.1) is 0 Å². The molecule has 1 atom stereocenters. The Morgan fingerprint density at radius 1 is 1.16 bits per heavy atom. The molecule has 0 bridgehead atoms. The van der Waals surface area contributed by atoms with E-state index in [2.05, 4.69) is 9.89 Å². The lowest BCUT2D eigenvalue weighted by Crippen LogP contribution is -2.40. The topological polar surface area (TPSA) is 95.5 Å². The van der Waals surface area contributed by atoms with Gasteiger partial charge in [-0.1, -0.05) is 11.3 Å². The molecule has 4 heterocycles. The molecule has 10 heteroatoms. The predicted molar refractivity (Wildman–Crippen MR) is 145 cm³/mol. The molecule has 1 fully saturated rings. The van der Waals surface area contributed by atoms with Crippen molar-refractivity contribution in [1.29, 1.82) is 0 Å². The fourth-order valence-electron chi connectivity index (χ4n) is 4.96. The van der Waals surface area contributed by atoms with Crippen molar-refractivity contribution in [3.8, 4) is 11.5 Å². The summed E-state index contributed by atoms with van der Waals surface area (Å²) in [4.78, 5) is 34.3. The lowest BCUT2D eigenvalue weighted by atomic mass is 9.95. The third-order valence-electron chi connectivity index (χ3n) is 6.81. The summed E-state index contributed by atoms with van der Waals surface area (Å²) in [6, 6.07) is 8.35. The van der Waals surface area contributed by atoms with Crippen LogP contribution < -0.4 is 29.3 Å². The standard InChI is InChI=1S/C28H31N3O6S/c1-5-36-27(33)24-17(2)29-28-31(25(24)20-11-9-18(34-3)15-21(20)35-4)26(32)22(38-28)16-19-10-12-23(37-19)30-13-7-6-8-14-30/h9-12,15-16,25H,5-8,13-14H2,1-4H3. The van der Waals surface area contributed by atoms with E-state index in [0.29, 0.717) is 43.4 Å². The first-order chi connectivity index (χ1) is 18.4. The largest absolute Gasteiger partial charge is 0.497 e. The molecule has 0 spiro atoms. The SMILES string of the molecule is CCOC(=O)C1=C(C)N=c2sc(=Cc3ccc(N4CCCCC4)o3)c(=O)n2C1c1ccc(OC)cc1OC. The van der Waals surface area contributed by atoms with Crippen molar-refractivity contribution in [3.05, 3.63) is 72.6 Å². The van der Waals surface area contributed by atoms with Crippen molar-refractivity contribution < 1.29 is 23.4 Å². The average molecular weight is 538 g/mol. The summed E-state index contributed by atoms with van der Waals surface area (Å²) in [6.45, 7) is 5.63. The normalized spacial score (nSPS) is 17.7. The Morgan fingerprint density at radius 2 is 1.95 bits per heavy atom. The zero-order valence-corrected chi connectivity index (χ0v) is 22.8. The second-order valence-electron chi connectivity index (χ2n) is 9.13. The number of thiazole rings is 1. The number of carbonyl (C=O) groups is 1. The van der Waals surface area contributed by atoms with Gasteiger partial charge in [0, 0.05) is 36.9 Å². The lowest BCUT2D eigenvalue weighted by molar-refractivity contribution is -0.139. The van der Waals surface area contributed by atoms with E-state index in [9.17, 15) is 9.59 Å². The van der Waals surface area contributed by atoms with Crippen LogP contribution in [0.25, 0.3) is 6.08 Å². The maximum absolute atomic E-state index is 13.9. The number of rotatable bonds is 7. The molecule has 0 aliphatic carbocycles. The van der Waals surface area contributed by atoms with E-state index in [-0.39, 0.29) is 12.2 Å². The van der Waals surface area contributed by atoms with Gasteiger partial charge < -0.3 is 23.5 Å². The van der Waals surface area contributed by atoms with Crippen LogP contribution in [-0.4, -0.2) is 44.5 Å². The lowest BCUT2D eigenvalue weighted by Gasteiger charge is -2.26. The number of hydrogen-bond donors (Lipinski definition) is 0. The Labute approximate surface area is 224 Å². The van der Waals surface area contributed by atoms with Crippen LogP contribution >= 0.6 is 11.3 Å². The Morgan fingerprint density at radius 3 is 2.66 bits per heavy atom. The molecule has 0 radical (unpaired) electrons. The van der Waals surface area contributed by atoms with Crippen LogP contribution in [0.2, 0.25) is 0 Å². The minimum Gasteiger partial charge on any atom is -0.497 e. The number of hydrogen-bond acceptors (Lipinski definition) is 9. The molecule has 1 saturated heterocycles. The number of ether oxygens (including phenoxy) is 3. The van der Waals surface area contributed by atoms with E-state index in [1.165, 1.54) is 22.3 Å². The summed E-state index contributed by atoms with van der Waals surface area (Å²) in [5.41, 5.74) is 1.13. The number of esters is 1. The zero-order valence-electron chi connectivity index (χ0n) is 22.0. The highest BCUT2D eigenvalue weighted by Gasteiger charge is 2.35. The Balaban J connectivity index is 1.64. The number of methoxy groups -OCH3 is 2. The zero-order chi connectivity index (χ0) is 26.8. The van der Waals surface area contributed by atoms with Crippen LogP contribution in [-0.2, 0) is 9.53 Å². The van der Waals surface area contributed by atoms with E-state index >= 15 is 0 Å². The van der Waals surface area contributed by atoms with E-state index in [1.54, 1.807) is 52.3 Å². The maximum atomic E-state index is 13.9. The molecule has 1 unspecified atom stereocenters. The van der Waals surface area contributed by atoms with Crippen LogP contribution in [0.15, 0.2) is 55.8 Å². The van der Waals surface area contributed by atoms with Gasteiger partial charge in [-0.05, 0) is 51.3 Å². The molecule has 5 rings (SSSR count). The van der Waals surface area contributed by atoms with Gasteiger partial charge in [-0.2, -0.15) is 0 Å². The van der Waals surface area contributed by atoms with Gasteiger partial charge in [0.05, 0.1) is 36.6 Å². The van der Waals surface area contributed by atoms with Crippen molar-refractivity contribution in [2.24, 2.45) is 4.99 Å². The minimum atomic E-state index is -0.784. The molecule has 9 nitrogen and oxygen atoms in total. The number of piperidine rings is 1. The van der Waals surface area contributed by atoms with Crippen molar-refractivity contribution >= 4 is 29.3 Å². The third-order valence-corrected chi connectivity index (χ3v) is 7.79. The fraction of sp³-hybridized carbons (Fsp3) is 0.393. The molecule has 3 aromatic rings. The first-order valence-electron chi connectivity index (χ1n) is 12.7. The number of benzene rings is 1. The minimum absolute atomic E-state index is 0.199. The highest BCUT2D eigenvalue weighted by atomic mass is 32.1. The van der Waals surface area contributed by atoms with Gasteiger partial charge in [-0.25, -0.2) is 9.79 Å². The van der Waals surface area contributed by atoms with Crippen LogP contribution in [0, 0.1) is 0 Å². The summed E-state index contributed by atoms with van der Waals surface area (Å²) in [7, 11) is 3.11. The van der Waals surface area contributed by atoms with Gasteiger partial charge in [-0.3, -0.25) is 9.36 Å². The van der Waals surface area contributed by atoms with Gasteiger partial charge in [0.2, 0.25) is 0 Å². The summed E-state index contributed by atoms with van der Waals surface area (Å²) in [5.74, 6) is 1.96. The van der Waals surface area contributed by atoms with Crippen molar-refractivity contribution in [3.63, 3.8) is 0 Å². The van der Waals surface area contributed by atoms with Crippen LogP contribution in [0.5, 0.6) is 11.5 Å². The van der Waals surface area contributed by atoms with E-state index < -0.39 is 12.0 Å². The summed E-state index contributed by atoms with van der Waals surface area (Å²) < 4.78 is 24.5. The average Bonchev–Trinajstić information content (AvgIpc) is 3.52. The molecule has 0 N–H and O–H groups in total. The number of furan rings is 1. The number of carbonyl (C=O) groups excluding carboxylic acids is 1. The molecule has 2 aliphatic rings. The van der Waals surface area contributed by atoms with E-state index in [1.807, 2.05) is 12.1 Å². The number of nitrogens with zero attached hydrogens (tertiary/aromatic N) is 3. The van der Waals surface area contributed by atoms with Gasteiger partial charge >= 0.3 is 5.97 Å². The summed E-state index contributed by atoms with van der Waals surface area (Å²) in [6.07, 6.45) is 5.26.